The van der Waals surface area contributed by atoms with Crippen LogP contribution in [0.5, 0.6) is 11.5 Å². The Hall–Kier alpha value is -4.33. The summed E-state index contributed by atoms with van der Waals surface area (Å²) in [5.74, 6) is 0.216. The largest absolute Gasteiger partial charge is 0.454 e. The highest BCUT2D eigenvalue weighted by Crippen LogP contribution is 2.35. The molecule has 0 amide bonds. The van der Waals surface area contributed by atoms with Crippen molar-refractivity contribution >= 4 is 17.2 Å². The molecule has 0 radical (unpaired) electrons. The van der Waals surface area contributed by atoms with Gasteiger partial charge in [-0.2, -0.15) is 5.10 Å². The van der Waals surface area contributed by atoms with E-state index in [4.69, 9.17) is 4.74 Å². The van der Waals surface area contributed by atoms with Gasteiger partial charge >= 0.3 is 0 Å². The number of nitrogens with one attached hydrogen (secondary N) is 1. The van der Waals surface area contributed by atoms with Crippen LogP contribution in [0.1, 0.15) is 36.4 Å². The Bertz CT molecular complexity index is 1570. The molecule has 1 N–H and O–H groups in total. The maximum Gasteiger partial charge on any atom is 0.184 e. The molecular formula is C29H28F2N4O2. The molecule has 37 heavy (non-hydrogen) atoms. The number of fused-ring (bicyclic) bond motifs is 1. The number of halogens is 2. The average molecular weight is 503 g/mol. The van der Waals surface area contributed by atoms with Crippen LogP contribution in [-0.4, -0.2) is 26.0 Å². The van der Waals surface area contributed by atoms with Gasteiger partial charge in [-0.15, -0.1) is 0 Å². The predicted octanol–water partition coefficient (Wildman–Crippen LogP) is 6.70. The zero-order chi connectivity index (χ0) is 25.2. The highest BCUT2D eigenvalue weighted by Gasteiger charge is 2.18. The van der Waals surface area contributed by atoms with E-state index in [9.17, 15) is 13.6 Å². The molecule has 6 nitrogen and oxygen atoms in total. The minimum atomic E-state index is -0.512. The Balaban J connectivity index is 0.00000320. The van der Waals surface area contributed by atoms with Crippen LogP contribution in [0.15, 0.2) is 60.8 Å². The summed E-state index contributed by atoms with van der Waals surface area (Å²) in [4.78, 5) is 18.2. The monoisotopic (exact) mass is 502 g/mol. The van der Waals surface area contributed by atoms with E-state index in [1.165, 1.54) is 24.3 Å². The fourth-order valence-corrected chi connectivity index (χ4v) is 4.29. The van der Waals surface area contributed by atoms with Gasteiger partial charge in [0.2, 0.25) is 0 Å². The van der Waals surface area contributed by atoms with E-state index < -0.39 is 11.6 Å². The van der Waals surface area contributed by atoms with Crippen molar-refractivity contribution in [1.82, 2.24) is 19.7 Å². The van der Waals surface area contributed by atoms with Gasteiger partial charge in [-0.1, -0.05) is 31.7 Å². The quantitative estimate of drug-likeness (QED) is 0.240. The number of aldehydes is 1. The molecule has 0 bridgehead atoms. The van der Waals surface area contributed by atoms with Gasteiger partial charge in [0.15, 0.2) is 17.4 Å². The van der Waals surface area contributed by atoms with Crippen LogP contribution in [0.2, 0.25) is 0 Å². The highest BCUT2D eigenvalue weighted by atomic mass is 19.1. The lowest BCUT2D eigenvalue weighted by molar-refractivity contribution is -0.107. The second-order valence-electron chi connectivity index (χ2n) is 8.67. The third-order valence-corrected chi connectivity index (χ3v) is 6.17. The molecular weight excluding hydrogens is 474 g/mol. The minimum Gasteiger partial charge on any atom is -0.454 e. The number of ether oxygens (including phenoxy) is 1. The van der Waals surface area contributed by atoms with E-state index in [2.05, 4.69) is 15.1 Å². The van der Waals surface area contributed by atoms with Gasteiger partial charge in [0, 0.05) is 48.6 Å². The van der Waals surface area contributed by atoms with Crippen LogP contribution < -0.4 is 4.74 Å². The molecule has 0 atom stereocenters. The van der Waals surface area contributed by atoms with Crippen molar-refractivity contribution in [1.29, 1.82) is 0 Å². The van der Waals surface area contributed by atoms with Crippen molar-refractivity contribution in [3.8, 4) is 22.9 Å². The third kappa shape index (κ3) is 5.28. The lowest BCUT2D eigenvalue weighted by Gasteiger charge is -2.12. The number of H-pyrrole nitrogens is 1. The minimum absolute atomic E-state index is 0. The summed E-state index contributed by atoms with van der Waals surface area (Å²) < 4.78 is 37.0. The van der Waals surface area contributed by atoms with E-state index in [1.807, 2.05) is 30.3 Å². The lowest BCUT2D eigenvalue weighted by Crippen LogP contribution is -2.01. The Morgan fingerprint density at radius 3 is 2.68 bits per heavy atom. The number of hydrogen-bond acceptors (Lipinski definition) is 4. The molecule has 0 aliphatic carbocycles. The summed E-state index contributed by atoms with van der Waals surface area (Å²) in [7, 11) is 1.76. The summed E-state index contributed by atoms with van der Waals surface area (Å²) >= 11 is 0. The molecule has 0 spiro atoms. The fraction of sp³-hybridized carbons (Fsp3) is 0.207. The van der Waals surface area contributed by atoms with Crippen molar-refractivity contribution in [2.75, 3.05) is 0 Å². The summed E-state index contributed by atoms with van der Waals surface area (Å²) in [5.41, 5.74) is 3.57. The molecule has 5 rings (SSSR count). The molecule has 2 heterocycles. The zero-order valence-electron chi connectivity index (χ0n) is 19.9. The topological polar surface area (TPSA) is 72.8 Å². The lowest BCUT2D eigenvalue weighted by atomic mass is 10.0. The van der Waals surface area contributed by atoms with Crippen LogP contribution in [-0.2, 0) is 24.7 Å². The number of benzene rings is 3. The normalized spacial score (nSPS) is 10.9. The molecule has 0 saturated heterocycles. The summed E-state index contributed by atoms with van der Waals surface area (Å²) in [6.07, 6.45) is 4.29. The van der Waals surface area contributed by atoms with Gasteiger partial charge in [-0.3, -0.25) is 4.68 Å². The maximum absolute atomic E-state index is 14.8. The summed E-state index contributed by atoms with van der Waals surface area (Å²) in [6, 6.07) is 15.4. The number of aromatic amines is 1. The first kappa shape index (κ1) is 25.8. The van der Waals surface area contributed by atoms with Gasteiger partial charge in [0.05, 0.1) is 5.56 Å². The van der Waals surface area contributed by atoms with Crippen molar-refractivity contribution < 1.29 is 18.3 Å². The van der Waals surface area contributed by atoms with E-state index in [0.717, 1.165) is 22.8 Å². The van der Waals surface area contributed by atoms with Gasteiger partial charge in [0.1, 0.15) is 23.7 Å². The first-order valence-corrected chi connectivity index (χ1v) is 11.6. The Morgan fingerprint density at radius 1 is 1.05 bits per heavy atom. The maximum atomic E-state index is 14.8. The second kappa shape index (κ2) is 10.7. The molecule has 8 heteroatoms. The Labute approximate surface area is 213 Å². The number of hydrogen-bond donors (Lipinski definition) is 1. The number of aromatic nitrogens is 4. The van der Waals surface area contributed by atoms with Crippen LogP contribution in [0.25, 0.3) is 22.3 Å². The zero-order valence-corrected chi connectivity index (χ0v) is 19.9. The molecule has 190 valence electrons. The molecule has 0 fully saturated rings. The van der Waals surface area contributed by atoms with E-state index >= 15 is 0 Å². The van der Waals surface area contributed by atoms with Crippen LogP contribution in [0.4, 0.5) is 8.78 Å². The third-order valence-electron chi connectivity index (χ3n) is 6.17. The molecule has 3 aromatic carbocycles. The SMILES string of the molecule is C.Cc1c(Oc2ccc(F)c(-c3nc(Cc4cccc(CCC=O)c4)n(C)n3)c2)c(F)cc2[nH]ccc12. The van der Waals surface area contributed by atoms with Crippen molar-refractivity contribution in [2.24, 2.45) is 7.05 Å². The number of carbonyl (C=O) groups excluding carboxylic acids is 1. The first-order valence-electron chi connectivity index (χ1n) is 11.6. The average Bonchev–Trinajstić information content (AvgIpc) is 3.48. The highest BCUT2D eigenvalue weighted by molar-refractivity contribution is 5.85. The number of aryl methyl sites for hydroxylation is 3. The number of carbonyl (C=O) groups is 1. The summed E-state index contributed by atoms with van der Waals surface area (Å²) in [5, 5.41) is 5.26. The first-order chi connectivity index (χ1) is 17.4. The summed E-state index contributed by atoms with van der Waals surface area (Å²) in [6.45, 7) is 1.78. The molecule has 0 aliphatic rings. The van der Waals surface area contributed by atoms with Gasteiger partial charge in [-0.05, 0) is 48.7 Å². The number of nitrogens with zero attached hydrogens (tertiary/aromatic N) is 3. The number of rotatable bonds is 8. The van der Waals surface area contributed by atoms with Crippen LogP contribution in [0, 0.1) is 18.6 Å². The van der Waals surface area contributed by atoms with Crippen molar-refractivity contribution in [3.63, 3.8) is 0 Å². The standard InChI is InChI=1S/C28H24F2N4O2.CH4/c1-17-21-10-11-31-25(21)16-24(30)27(17)36-20-8-9-23(29)22(15-20)28-32-26(34(2)33-28)14-19-6-3-5-18(13-19)7-4-12-35;/h3,5-6,8-13,15-16,31H,4,7,14H2,1-2H3;1H4. The van der Waals surface area contributed by atoms with E-state index in [-0.39, 0.29) is 30.3 Å². The van der Waals surface area contributed by atoms with Crippen LogP contribution in [0.3, 0.4) is 0 Å². The molecule has 0 saturated carbocycles. The fourth-order valence-electron chi connectivity index (χ4n) is 4.29. The molecule has 0 unspecified atom stereocenters. The Morgan fingerprint density at radius 2 is 1.86 bits per heavy atom. The Kier molecular flexibility index (Phi) is 7.47. The van der Waals surface area contributed by atoms with Crippen molar-refractivity contribution in [2.45, 2.75) is 33.6 Å². The van der Waals surface area contributed by atoms with Gasteiger partial charge in [-0.25, -0.2) is 13.8 Å². The van der Waals surface area contributed by atoms with Crippen molar-refractivity contribution in [3.05, 3.63) is 94.9 Å². The van der Waals surface area contributed by atoms with E-state index in [1.54, 1.807) is 24.9 Å². The van der Waals surface area contributed by atoms with Gasteiger partial charge in [0.25, 0.3) is 0 Å². The molecule has 5 aromatic rings. The second-order valence-corrected chi connectivity index (χ2v) is 8.67. The van der Waals surface area contributed by atoms with Crippen LogP contribution >= 0.6 is 0 Å². The van der Waals surface area contributed by atoms with E-state index in [0.29, 0.717) is 36.2 Å². The smallest absolute Gasteiger partial charge is 0.184 e. The predicted molar refractivity (Wildman–Crippen MR) is 140 cm³/mol. The van der Waals surface area contributed by atoms with Gasteiger partial charge < -0.3 is 14.5 Å². The molecule has 0 aliphatic heterocycles. The molecule has 2 aromatic heterocycles.